The molecule has 0 aliphatic heterocycles. The third-order valence-electron chi connectivity index (χ3n) is 0. The maximum absolute atomic E-state index is 8.63. The third-order valence-corrected chi connectivity index (χ3v) is 0. The van der Waals surface area contributed by atoms with Crippen molar-refractivity contribution < 1.29 is 35.0 Å². The molecule has 0 aromatic rings. The number of hydrogen-bond donors (Lipinski definition) is 2. The molecule has 0 aromatic heterocycles. The summed E-state index contributed by atoms with van der Waals surface area (Å²) in [7, 11) is -9.83. The monoisotopic (exact) mass is 234 g/mol. The average Bonchev–Trinajstić information content (AvgIpc) is 1.12. The van der Waals surface area contributed by atoms with Crippen LogP contribution in [-0.2, 0) is 20.8 Å². The molecule has 0 bridgehead atoms. The molecule has 0 heterocycles. The third kappa shape index (κ3) is 891. The van der Waals surface area contributed by atoms with Crippen LogP contribution in [0.5, 0.6) is 0 Å². The Morgan fingerprint density at radius 2 is 0.818 bits per heavy atom. The Morgan fingerprint density at radius 1 is 0.818 bits per heavy atom. The second-order valence-electron chi connectivity index (χ2n) is 0.855. The molecule has 0 amide bonds. The van der Waals surface area contributed by atoms with E-state index in [0.29, 0.717) is 0 Å². The van der Waals surface area contributed by atoms with Gasteiger partial charge in [0.15, 0.2) is 0 Å². The Bertz CT molecular complexity index is 208. The van der Waals surface area contributed by atoms with Crippen LogP contribution in [0.15, 0.2) is 0 Å². The van der Waals surface area contributed by atoms with E-state index in [1.54, 1.807) is 0 Å². The van der Waals surface area contributed by atoms with Crippen molar-refractivity contribution in [3.63, 3.8) is 0 Å². The molecule has 0 unspecified atom stereocenters. The fourth-order valence-corrected chi connectivity index (χ4v) is 0. The van der Waals surface area contributed by atoms with Gasteiger partial charge in [-0.2, -0.15) is 0 Å². The number of rotatable bonds is 0. The smallest absolute Gasteiger partial charge is 0.726 e. The molecule has 0 fully saturated rings. The Kier molecular flexibility index (Phi) is 10.6. The van der Waals surface area contributed by atoms with Gasteiger partial charge in [0.2, 0.25) is 20.8 Å². The molecular formula is H2CaO8S2. The molecular weight excluding hydrogens is 232 g/mol. The van der Waals surface area contributed by atoms with Gasteiger partial charge in [-0.1, -0.05) is 0 Å². The van der Waals surface area contributed by atoms with Crippen molar-refractivity contribution >= 4 is 58.5 Å². The normalized spacial score (nSPS) is 10.5. The van der Waals surface area contributed by atoms with Crippen molar-refractivity contribution in [2.24, 2.45) is 0 Å². The molecule has 0 radical (unpaired) electrons. The maximum Gasteiger partial charge on any atom is 2.00 e. The summed E-state index contributed by atoms with van der Waals surface area (Å²) in [5.41, 5.74) is 0. The summed E-state index contributed by atoms with van der Waals surface area (Å²) in [5.74, 6) is 0. The number of hydrogen-bond acceptors (Lipinski definition) is 6. The van der Waals surface area contributed by atoms with Gasteiger partial charge >= 0.3 is 37.7 Å². The van der Waals surface area contributed by atoms with Gasteiger partial charge in [-0.15, -0.1) is 0 Å². The zero-order valence-electron chi connectivity index (χ0n) is 4.87. The molecule has 11 heteroatoms. The summed E-state index contributed by atoms with van der Waals surface area (Å²) in [6, 6.07) is 0. The standard InChI is InChI=1S/Ca.2H2O4S/c;2*1-5(2,3)4/h;2*(H2,1,2,3,4)/q+2;;/p-2. The molecule has 11 heavy (non-hydrogen) atoms. The fraction of sp³-hybridized carbons (Fsp3) is 0. The Balaban J connectivity index is -0.000000107. The van der Waals surface area contributed by atoms with Gasteiger partial charge in [0.25, 0.3) is 0 Å². The van der Waals surface area contributed by atoms with Crippen molar-refractivity contribution in [1.29, 1.82) is 0 Å². The summed E-state index contributed by atoms with van der Waals surface area (Å²) in [6.07, 6.45) is 0. The predicted molar refractivity (Wildman–Crippen MR) is 30.4 cm³/mol. The van der Waals surface area contributed by atoms with Crippen molar-refractivity contribution in [2.75, 3.05) is 0 Å². The van der Waals surface area contributed by atoms with Crippen LogP contribution in [0.1, 0.15) is 0 Å². The Hall–Kier alpha value is 1.000. The second kappa shape index (κ2) is 6.51. The van der Waals surface area contributed by atoms with Crippen LogP contribution in [0.4, 0.5) is 0 Å². The van der Waals surface area contributed by atoms with Gasteiger partial charge in [0, 0.05) is 0 Å². The van der Waals surface area contributed by atoms with E-state index in [9.17, 15) is 0 Å². The van der Waals surface area contributed by atoms with Crippen LogP contribution in [0.2, 0.25) is 0 Å². The van der Waals surface area contributed by atoms with Crippen molar-refractivity contribution in [3.05, 3.63) is 0 Å². The quantitative estimate of drug-likeness (QED) is 0.267. The molecule has 0 saturated heterocycles. The van der Waals surface area contributed by atoms with E-state index in [4.69, 9.17) is 35.0 Å². The fourth-order valence-electron chi connectivity index (χ4n) is 0. The summed E-state index contributed by atoms with van der Waals surface area (Å²) >= 11 is 0. The molecule has 0 rings (SSSR count). The molecule has 0 aliphatic carbocycles. The minimum atomic E-state index is -4.92. The van der Waals surface area contributed by atoms with Gasteiger partial charge in [-0.05, 0) is 0 Å². The van der Waals surface area contributed by atoms with Crippen LogP contribution in [-0.4, -0.2) is 72.8 Å². The SMILES string of the molecule is O=S(=O)([O-])O.O=S(=O)([O-])O.[Ca+2]. The first-order valence-corrected chi connectivity index (χ1v) is 4.10. The molecule has 0 aliphatic rings. The van der Waals surface area contributed by atoms with Crippen LogP contribution in [0, 0.1) is 0 Å². The average molecular weight is 234 g/mol. The summed E-state index contributed by atoms with van der Waals surface area (Å²) in [6.45, 7) is 0. The Labute approximate surface area is 92.8 Å². The molecule has 0 saturated carbocycles. The van der Waals surface area contributed by atoms with E-state index in [0.717, 1.165) is 0 Å². The first-order valence-electron chi connectivity index (χ1n) is 1.37. The largest absolute Gasteiger partial charge is 2.00 e. The Morgan fingerprint density at radius 3 is 0.818 bits per heavy atom. The van der Waals surface area contributed by atoms with Crippen molar-refractivity contribution in [2.45, 2.75) is 0 Å². The van der Waals surface area contributed by atoms with E-state index in [1.807, 2.05) is 0 Å². The first-order chi connectivity index (χ1) is 4.00. The van der Waals surface area contributed by atoms with Gasteiger partial charge in [-0.25, -0.2) is 16.8 Å². The van der Waals surface area contributed by atoms with Gasteiger partial charge in [-0.3, -0.25) is 9.11 Å². The minimum absolute atomic E-state index is 0. The zero-order chi connectivity index (χ0) is 9.00. The summed E-state index contributed by atoms with van der Waals surface area (Å²) in [4.78, 5) is 0. The first kappa shape index (κ1) is 17.9. The van der Waals surface area contributed by atoms with E-state index in [-0.39, 0.29) is 37.7 Å². The predicted octanol–water partition coefficient (Wildman–Crippen LogP) is -2.37. The van der Waals surface area contributed by atoms with Crippen molar-refractivity contribution in [1.82, 2.24) is 0 Å². The van der Waals surface area contributed by atoms with E-state index in [2.05, 4.69) is 0 Å². The molecule has 8 nitrogen and oxygen atoms in total. The van der Waals surface area contributed by atoms with Crippen LogP contribution in [0.3, 0.4) is 0 Å². The summed E-state index contributed by atoms with van der Waals surface area (Å²) < 4.78 is 65.7. The van der Waals surface area contributed by atoms with Gasteiger partial charge in [0.1, 0.15) is 0 Å². The second-order valence-corrected chi connectivity index (χ2v) is 2.57. The molecule has 0 aromatic carbocycles. The maximum atomic E-state index is 8.63. The molecule has 0 atom stereocenters. The van der Waals surface area contributed by atoms with Crippen LogP contribution in [0.25, 0.3) is 0 Å². The zero-order valence-corrected chi connectivity index (χ0v) is 8.71. The molecule has 64 valence electrons. The van der Waals surface area contributed by atoms with E-state index in [1.165, 1.54) is 0 Å². The van der Waals surface area contributed by atoms with Gasteiger partial charge < -0.3 is 9.11 Å². The topological polar surface area (TPSA) is 155 Å². The molecule has 0 spiro atoms. The summed E-state index contributed by atoms with van der Waals surface area (Å²) in [5, 5.41) is 0. The van der Waals surface area contributed by atoms with E-state index < -0.39 is 20.8 Å². The van der Waals surface area contributed by atoms with E-state index >= 15 is 0 Å². The minimum Gasteiger partial charge on any atom is -0.726 e. The molecule has 2 N–H and O–H groups in total. The van der Waals surface area contributed by atoms with Crippen LogP contribution < -0.4 is 0 Å². The van der Waals surface area contributed by atoms with Crippen LogP contribution >= 0.6 is 0 Å². The van der Waals surface area contributed by atoms with Gasteiger partial charge in [0.05, 0.1) is 0 Å². The van der Waals surface area contributed by atoms with Crippen molar-refractivity contribution in [3.8, 4) is 0 Å².